The van der Waals surface area contributed by atoms with Crippen molar-refractivity contribution in [2.75, 3.05) is 48.0 Å². The van der Waals surface area contributed by atoms with Gasteiger partial charge in [-0.1, -0.05) is 26.0 Å². The van der Waals surface area contributed by atoms with E-state index in [2.05, 4.69) is 43.1 Å². The van der Waals surface area contributed by atoms with Gasteiger partial charge in [0, 0.05) is 36.9 Å². The summed E-state index contributed by atoms with van der Waals surface area (Å²) in [5.41, 5.74) is 5.06. The Hall–Kier alpha value is -2.53. The van der Waals surface area contributed by atoms with E-state index < -0.39 is 0 Å². The summed E-state index contributed by atoms with van der Waals surface area (Å²) in [4.78, 5) is 17.7. The topological polar surface area (TPSA) is 44.8 Å². The van der Waals surface area contributed by atoms with E-state index in [-0.39, 0.29) is 11.9 Å². The number of nitrogens with zero attached hydrogens (tertiary/aromatic N) is 2. The van der Waals surface area contributed by atoms with Crippen LogP contribution in [-0.2, 0) is 4.74 Å². The van der Waals surface area contributed by atoms with Gasteiger partial charge in [0.1, 0.15) is 0 Å². The first-order valence-electron chi connectivity index (χ1n) is 10.2. The fraction of sp³-hybridized carbons (Fsp3) is 0.435. The highest BCUT2D eigenvalue weighted by molar-refractivity contribution is 6.08. The minimum atomic E-state index is 0.0660. The fourth-order valence-electron chi connectivity index (χ4n) is 4.04. The van der Waals surface area contributed by atoms with Crippen LogP contribution in [0.2, 0.25) is 0 Å². The number of nitrogens with one attached hydrogen (secondary N) is 1. The van der Waals surface area contributed by atoms with Crippen molar-refractivity contribution in [1.29, 1.82) is 0 Å². The molecule has 0 bridgehead atoms. The number of benzene rings is 2. The van der Waals surface area contributed by atoms with E-state index in [4.69, 9.17) is 4.74 Å². The highest BCUT2D eigenvalue weighted by Gasteiger charge is 2.30. The van der Waals surface area contributed by atoms with Crippen molar-refractivity contribution in [3.63, 3.8) is 0 Å². The molecule has 0 radical (unpaired) electrons. The van der Waals surface area contributed by atoms with Gasteiger partial charge in [-0.15, -0.1) is 0 Å². The number of rotatable bonds is 3. The molecule has 1 saturated heterocycles. The van der Waals surface area contributed by atoms with Crippen LogP contribution in [-0.4, -0.2) is 44.8 Å². The van der Waals surface area contributed by atoms with Gasteiger partial charge in [-0.05, 0) is 48.7 Å². The Morgan fingerprint density at radius 3 is 2.57 bits per heavy atom. The summed E-state index contributed by atoms with van der Waals surface area (Å²) in [5.74, 6) is 0.505. The van der Waals surface area contributed by atoms with Crippen LogP contribution in [0.15, 0.2) is 42.5 Å². The molecule has 28 heavy (non-hydrogen) atoms. The first-order valence-corrected chi connectivity index (χ1v) is 10.2. The quantitative estimate of drug-likeness (QED) is 0.878. The van der Waals surface area contributed by atoms with Crippen LogP contribution >= 0.6 is 0 Å². The predicted molar refractivity (Wildman–Crippen MR) is 115 cm³/mol. The lowest BCUT2D eigenvalue weighted by molar-refractivity contribution is 0.0983. The molecule has 2 aliphatic heterocycles. The molecule has 2 aromatic rings. The molecule has 2 heterocycles. The van der Waals surface area contributed by atoms with Gasteiger partial charge in [-0.25, -0.2) is 0 Å². The maximum atomic E-state index is 13.4. The van der Waals surface area contributed by atoms with E-state index >= 15 is 0 Å². The largest absolute Gasteiger partial charge is 0.379 e. The van der Waals surface area contributed by atoms with Gasteiger partial charge in [-0.2, -0.15) is 0 Å². The number of hydrogen-bond donors (Lipinski definition) is 1. The molecule has 148 valence electrons. The highest BCUT2D eigenvalue weighted by Crippen LogP contribution is 2.34. The summed E-state index contributed by atoms with van der Waals surface area (Å²) in [6, 6.07) is 14.4. The summed E-state index contributed by atoms with van der Waals surface area (Å²) in [7, 11) is 0. The lowest BCUT2D eigenvalue weighted by Gasteiger charge is -2.38. The van der Waals surface area contributed by atoms with Crippen LogP contribution in [0.25, 0.3) is 0 Å². The summed E-state index contributed by atoms with van der Waals surface area (Å²) in [5, 5.41) is 3.58. The molecule has 2 aliphatic rings. The van der Waals surface area contributed by atoms with Crippen molar-refractivity contribution in [3.05, 3.63) is 53.6 Å². The van der Waals surface area contributed by atoms with E-state index in [0.717, 1.165) is 48.8 Å². The molecule has 1 atom stereocenters. The second kappa shape index (κ2) is 7.84. The zero-order valence-electron chi connectivity index (χ0n) is 16.9. The van der Waals surface area contributed by atoms with Crippen LogP contribution in [0, 0.1) is 12.8 Å². The normalized spacial score (nSPS) is 19.4. The Balaban J connectivity index is 1.62. The van der Waals surface area contributed by atoms with E-state index in [1.807, 2.05) is 35.2 Å². The van der Waals surface area contributed by atoms with Gasteiger partial charge in [0.2, 0.25) is 0 Å². The molecule has 5 nitrogen and oxygen atoms in total. The van der Waals surface area contributed by atoms with Gasteiger partial charge in [-0.3, -0.25) is 4.79 Å². The number of fused-ring (bicyclic) bond motifs is 1. The van der Waals surface area contributed by atoms with Gasteiger partial charge in [0.25, 0.3) is 5.91 Å². The minimum absolute atomic E-state index is 0.0660. The number of anilines is 3. The second-order valence-electron chi connectivity index (χ2n) is 8.03. The minimum Gasteiger partial charge on any atom is -0.379 e. The molecule has 1 amide bonds. The molecular formula is C23H29N3O2. The summed E-state index contributed by atoms with van der Waals surface area (Å²) in [6.07, 6.45) is 0. The number of hydrogen-bond acceptors (Lipinski definition) is 4. The van der Waals surface area contributed by atoms with Crippen LogP contribution in [0.1, 0.15) is 29.8 Å². The smallest absolute Gasteiger partial charge is 0.258 e. The van der Waals surface area contributed by atoms with Crippen LogP contribution in [0.5, 0.6) is 0 Å². The van der Waals surface area contributed by atoms with Crippen molar-refractivity contribution in [3.8, 4) is 0 Å². The first kappa shape index (κ1) is 18.8. The Labute approximate surface area is 167 Å². The highest BCUT2D eigenvalue weighted by atomic mass is 16.5. The molecule has 1 unspecified atom stereocenters. The number of carbonyl (C=O) groups excluding carboxylic acids is 1. The lowest BCUT2D eigenvalue weighted by Crippen LogP contribution is -2.47. The van der Waals surface area contributed by atoms with Crippen molar-refractivity contribution >= 4 is 23.0 Å². The van der Waals surface area contributed by atoms with Crippen LogP contribution in [0.3, 0.4) is 0 Å². The van der Waals surface area contributed by atoms with Gasteiger partial charge in [0.05, 0.1) is 24.6 Å². The van der Waals surface area contributed by atoms with Crippen LogP contribution < -0.4 is 15.1 Å². The average molecular weight is 380 g/mol. The Kier molecular flexibility index (Phi) is 5.27. The fourth-order valence-corrected chi connectivity index (χ4v) is 4.04. The molecule has 0 spiro atoms. The zero-order chi connectivity index (χ0) is 19.7. The number of aryl methyl sites for hydroxylation is 1. The Morgan fingerprint density at radius 1 is 1.11 bits per heavy atom. The second-order valence-corrected chi connectivity index (χ2v) is 8.03. The third-order valence-corrected chi connectivity index (χ3v) is 5.76. The third-order valence-electron chi connectivity index (χ3n) is 5.76. The Bertz CT molecular complexity index is 859. The SMILES string of the molecule is Cc1cc(C(=O)N2CC(C(C)C)Nc3ccccc32)ccc1N1CCOCC1. The number of para-hydroxylation sites is 2. The Morgan fingerprint density at radius 2 is 1.86 bits per heavy atom. The van der Waals surface area contributed by atoms with E-state index in [1.165, 1.54) is 5.69 Å². The molecule has 0 aromatic heterocycles. The molecular weight excluding hydrogens is 350 g/mol. The van der Waals surface area contributed by atoms with E-state index in [0.29, 0.717) is 12.5 Å². The van der Waals surface area contributed by atoms with Gasteiger partial charge in [0.15, 0.2) is 0 Å². The van der Waals surface area contributed by atoms with E-state index in [9.17, 15) is 4.79 Å². The average Bonchev–Trinajstić information content (AvgIpc) is 2.73. The predicted octanol–water partition coefficient (Wildman–Crippen LogP) is 3.93. The maximum absolute atomic E-state index is 13.4. The maximum Gasteiger partial charge on any atom is 0.258 e. The van der Waals surface area contributed by atoms with Gasteiger partial charge < -0.3 is 19.9 Å². The molecule has 2 aromatic carbocycles. The molecule has 0 saturated carbocycles. The molecule has 0 aliphatic carbocycles. The third kappa shape index (κ3) is 3.59. The lowest BCUT2D eigenvalue weighted by atomic mass is 9.98. The first-order chi connectivity index (χ1) is 13.5. The summed E-state index contributed by atoms with van der Waals surface area (Å²) in [6.45, 7) is 10.5. The van der Waals surface area contributed by atoms with Crippen LogP contribution in [0.4, 0.5) is 17.1 Å². The molecule has 1 N–H and O–H groups in total. The number of morpholine rings is 1. The summed E-state index contributed by atoms with van der Waals surface area (Å²) >= 11 is 0. The molecule has 1 fully saturated rings. The number of carbonyl (C=O) groups is 1. The molecule has 5 heteroatoms. The molecule has 4 rings (SSSR count). The summed E-state index contributed by atoms with van der Waals surface area (Å²) < 4.78 is 5.46. The van der Waals surface area contributed by atoms with Gasteiger partial charge >= 0.3 is 0 Å². The zero-order valence-corrected chi connectivity index (χ0v) is 16.9. The van der Waals surface area contributed by atoms with E-state index in [1.54, 1.807) is 0 Å². The van der Waals surface area contributed by atoms with Crippen molar-refractivity contribution in [2.24, 2.45) is 5.92 Å². The number of amides is 1. The standard InChI is InChI=1S/C23H29N3O2/c1-16(2)20-15-26(22-7-5-4-6-19(22)24-20)23(27)18-8-9-21(17(3)14-18)25-10-12-28-13-11-25/h4-9,14,16,20,24H,10-13,15H2,1-3H3. The van der Waals surface area contributed by atoms with Crippen molar-refractivity contribution < 1.29 is 9.53 Å². The monoisotopic (exact) mass is 379 g/mol. The van der Waals surface area contributed by atoms with Crippen molar-refractivity contribution in [1.82, 2.24) is 0 Å². The number of ether oxygens (including phenoxy) is 1. The van der Waals surface area contributed by atoms with Crippen molar-refractivity contribution in [2.45, 2.75) is 26.8 Å².